The number of phenols is 1. The summed E-state index contributed by atoms with van der Waals surface area (Å²) in [5.41, 5.74) is 0.967. The molecule has 0 aliphatic carbocycles. The van der Waals surface area contributed by atoms with Gasteiger partial charge in [-0.25, -0.2) is 0 Å². The van der Waals surface area contributed by atoms with Crippen LogP contribution in [0.1, 0.15) is 22.8 Å². The molecule has 2 aromatic rings. The van der Waals surface area contributed by atoms with E-state index in [9.17, 15) is 9.90 Å². The highest BCUT2D eigenvalue weighted by molar-refractivity contribution is 6.11. The molecule has 0 radical (unpaired) electrons. The Balaban J connectivity index is 2.45. The SMILES string of the molecule is COc1ccc(C(=O)c2ccccc2)c(O)c1NC(C)CO. The van der Waals surface area contributed by atoms with Gasteiger partial charge in [-0.15, -0.1) is 0 Å². The van der Waals surface area contributed by atoms with Gasteiger partial charge < -0.3 is 20.3 Å². The smallest absolute Gasteiger partial charge is 0.196 e. The molecule has 2 rings (SSSR count). The molecule has 2 aromatic carbocycles. The van der Waals surface area contributed by atoms with Gasteiger partial charge in [0.15, 0.2) is 11.5 Å². The molecular formula is C17H19NO4. The second-order valence-corrected chi connectivity index (χ2v) is 4.96. The van der Waals surface area contributed by atoms with Crippen LogP contribution in [0.4, 0.5) is 5.69 Å². The summed E-state index contributed by atoms with van der Waals surface area (Å²) in [5.74, 6) is -0.0589. The molecule has 5 nitrogen and oxygen atoms in total. The van der Waals surface area contributed by atoms with E-state index in [-0.39, 0.29) is 29.7 Å². The van der Waals surface area contributed by atoms with E-state index in [0.717, 1.165) is 0 Å². The lowest BCUT2D eigenvalue weighted by atomic mass is 10.0. The van der Waals surface area contributed by atoms with Gasteiger partial charge in [0, 0.05) is 11.6 Å². The summed E-state index contributed by atoms with van der Waals surface area (Å²) in [7, 11) is 1.47. The molecule has 0 saturated carbocycles. The first kappa shape index (κ1) is 15.9. The van der Waals surface area contributed by atoms with E-state index < -0.39 is 0 Å². The van der Waals surface area contributed by atoms with Crippen molar-refractivity contribution < 1.29 is 19.7 Å². The monoisotopic (exact) mass is 301 g/mol. The average Bonchev–Trinajstić information content (AvgIpc) is 2.56. The van der Waals surface area contributed by atoms with Crippen LogP contribution in [0.5, 0.6) is 11.5 Å². The number of ether oxygens (including phenoxy) is 1. The van der Waals surface area contributed by atoms with Crippen LogP contribution < -0.4 is 10.1 Å². The third kappa shape index (κ3) is 3.20. The number of aliphatic hydroxyl groups is 1. The molecule has 0 bridgehead atoms. The Bertz CT molecular complexity index is 655. The number of hydrogen-bond donors (Lipinski definition) is 3. The largest absolute Gasteiger partial charge is 0.505 e. The predicted molar refractivity (Wildman–Crippen MR) is 84.7 cm³/mol. The highest BCUT2D eigenvalue weighted by Gasteiger charge is 2.20. The summed E-state index contributed by atoms with van der Waals surface area (Å²) < 4.78 is 5.20. The van der Waals surface area contributed by atoms with E-state index in [1.165, 1.54) is 13.2 Å². The van der Waals surface area contributed by atoms with Crippen molar-refractivity contribution in [3.8, 4) is 11.5 Å². The van der Waals surface area contributed by atoms with Crippen LogP contribution in [0.15, 0.2) is 42.5 Å². The maximum atomic E-state index is 12.5. The number of hydrogen-bond acceptors (Lipinski definition) is 5. The second-order valence-electron chi connectivity index (χ2n) is 4.96. The fourth-order valence-electron chi connectivity index (χ4n) is 2.10. The molecule has 3 N–H and O–H groups in total. The molecule has 0 amide bonds. The molecule has 116 valence electrons. The molecule has 5 heteroatoms. The number of anilines is 1. The Kier molecular flexibility index (Phi) is 5.01. The van der Waals surface area contributed by atoms with Crippen molar-refractivity contribution in [2.75, 3.05) is 19.0 Å². The van der Waals surface area contributed by atoms with Gasteiger partial charge in [-0.3, -0.25) is 4.79 Å². The molecule has 1 atom stereocenters. The Morgan fingerprint density at radius 1 is 1.23 bits per heavy atom. The van der Waals surface area contributed by atoms with Gasteiger partial charge >= 0.3 is 0 Å². The minimum atomic E-state index is -0.290. The zero-order valence-corrected chi connectivity index (χ0v) is 12.5. The summed E-state index contributed by atoms with van der Waals surface area (Å²) in [6.45, 7) is 1.64. The number of aromatic hydroxyl groups is 1. The van der Waals surface area contributed by atoms with Crippen molar-refractivity contribution >= 4 is 11.5 Å². The predicted octanol–water partition coefficient (Wildman–Crippen LogP) is 2.42. The van der Waals surface area contributed by atoms with Crippen LogP contribution in [0.2, 0.25) is 0 Å². The number of carbonyl (C=O) groups is 1. The number of aliphatic hydroxyl groups excluding tert-OH is 1. The highest BCUT2D eigenvalue weighted by Crippen LogP contribution is 2.38. The van der Waals surface area contributed by atoms with Crippen LogP contribution in [0, 0.1) is 0 Å². The maximum absolute atomic E-state index is 12.5. The molecule has 0 heterocycles. The van der Waals surface area contributed by atoms with Crippen LogP contribution in [0.3, 0.4) is 0 Å². The summed E-state index contributed by atoms with van der Waals surface area (Å²) in [6.07, 6.45) is 0. The molecule has 0 aromatic heterocycles. The van der Waals surface area contributed by atoms with E-state index >= 15 is 0 Å². The first-order valence-corrected chi connectivity index (χ1v) is 6.95. The number of rotatable bonds is 6. The number of phenolic OH excluding ortho intramolecular Hbond substituents is 1. The van der Waals surface area contributed by atoms with Gasteiger partial charge in [0.1, 0.15) is 11.4 Å². The number of benzene rings is 2. The third-order valence-corrected chi connectivity index (χ3v) is 3.30. The van der Waals surface area contributed by atoms with Crippen molar-refractivity contribution in [1.29, 1.82) is 0 Å². The van der Waals surface area contributed by atoms with Crippen molar-refractivity contribution in [2.24, 2.45) is 0 Å². The lowest BCUT2D eigenvalue weighted by Gasteiger charge is -2.18. The summed E-state index contributed by atoms with van der Waals surface area (Å²) in [4.78, 5) is 12.5. The average molecular weight is 301 g/mol. The van der Waals surface area contributed by atoms with E-state index in [1.807, 2.05) is 6.07 Å². The normalized spacial score (nSPS) is 11.8. The lowest BCUT2D eigenvalue weighted by molar-refractivity contribution is 0.103. The van der Waals surface area contributed by atoms with E-state index in [2.05, 4.69) is 5.32 Å². The Morgan fingerprint density at radius 2 is 1.91 bits per heavy atom. The second kappa shape index (κ2) is 6.95. The zero-order chi connectivity index (χ0) is 16.1. The molecule has 0 saturated heterocycles. The molecule has 0 fully saturated rings. The van der Waals surface area contributed by atoms with E-state index in [0.29, 0.717) is 17.0 Å². The molecule has 22 heavy (non-hydrogen) atoms. The van der Waals surface area contributed by atoms with Crippen molar-refractivity contribution in [3.05, 3.63) is 53.6 Å². The highest BCUT2D eigenvalue weighted by atomic mass is 16.5. The van der Waals surface area contributed by atoms with Gasteiger partial charge in [-0.1, -0.05) is 30.3 Å². The standard InChI is InChI=1S/C17H19NO4/c1-11(10-19)18-15-14(22-2)9-8-13(17(15)21)16(20)12-6-4-3-5-7-12/h3-9,11,18-19,21H,10H2,1-2H3. The lowest BCUT2D eigenvalue weighted by Crippen LogP contribution is -2.20. The van der Waals surface area contributed by atoms with Crippen molar-refractivity contribution in [3.63, 3.8) is 0 Å². The first-order valence-electron chi connectivity index (χ1n) is 6.95. The fourth-order valence-corrected chi connectivity index (χ4v) is 2.10. The van der Waals surface area contributed by atoms with Crippen LogP contribution in [0.25, 0.3) is 0 Å². The van der Waals surface area contributed by atoms with Crippen LogP contribution >= 0.6 is 0 Å². The number of nitrogens with one attached hydrogen (secondary N) is 1. The van der Waals surface area contributed by atoms with Crippen LogP contribution in [-0.2, 0) is 0 Å². The zero-order valence-electron chi connectivity index (χ0n) is 12.5. The van der Waals surface area contributed by atoms with Gasteiger partial charge in [0.2, 0.25) is 0 Å². The quantitative estimate of drug-likeness (QED) is 0.564. The molecule has 0 spiro atoms. The van der Waals surface area contributed by atoms with Gasteiger partial charge in [0.25, 0.3) is 0 Å². The summed E-state index contributed by atoms with van der Waals surface area (Å²) in [6, 6.07) is 11.6. The minimum Gasteiger partial charge on any atom is -0.505 e. The van der Waals surface area contributed by atoms with Gasteiger partial charge in [0.05, 0.1) is 19.3 Å². The van der Waals surface area contributed by atoms with Gasteiger partial charge in [-0.2, -0.15) is 0 Å². The molecule has 0 aliphatic rings. The fraction of sp³-hybridized carbons (Fsp3) is 0.235. The topological polar surface area (TPSA) is 78.8 Å². The number of ketones is 1. The third-order valence-electron chi connectivity index (χ3n) is 3.30. The molecule has 1 unspecified atom stereocenters. The summed E-state index contributed by atoms with van der Waals surface area (Å²) >= 11 is 0. The van der Waals surface area contributed by atoms with Crippen LogP contribution in [-0.4, -0.2) is 35.8 Å². The van der Waals surface area contributed by atoms with E-state index in [4.69, 9.17) is 9.84 Å². The van der Waals surface area contributed by atoms with Crippen molar-refractivity contribution in [1.82, 2.24) is 0 Å². The maximum Gasteiger partial charge on any atom is 0.196 e. The molecular weight excluding hydrogens is 282 g/mol. The first-order chi connectivity index (χ1) is 10.6. The number of methoxy groups -OCH3 is 1. The Labute approximate surface area is 129 Å². The van der Waals surface area contributed by atoms with Crippen molar-refractivity contribution in [2.45, 2.75) is 13.0 Å². The Morgan fingerprint density at radius 3 is 2.50 bits per heavy atom. The van der Waals surface area contributed by atoms with Gasteiger partial charge in [-0.05, 0) is 19.1 Å². The number of carbonyl (C=O) groups excluding carboxylic acids is 1. The Hall–Kier alpha value is -2.53. The molecule has 0 aliphatic heterocycles. The summed E-state index contributed by atoms with van der Waals surface area (Å²) in [5, 5.41) is 22.5. The minimum absolute atomic E-state index is 0.112. The van der Waals surface area contributed by atoms with E-state index in [1.54, 1.807) is 37.3 Å².